The molecule has 0 atom stereocenters. The van der Waals surface area contributed by atoms with Crippen molar-refractivity contribution in [1.29, 1.82) is 0 Å². The minimum absolute atomic E-state index is 0.000123. The largest absolute Gasteiger partial charge is 0.483 e. The molecule has 2 amide bonds. The van der Waals surface area contributed by atoms with E-state index in [9.17, 15) is 9.59 Å². The maximum atomic E-state index is 12.7. The summed E-state index contributed by atoms with van der Waals surface area (Å²) in [7, 11) is 0. The van der Waals surface area contributed by atoms with Crippen molar-refractivity contribution in [1.82, 2.24) is 0 Å². The second kappa shape index (κ2) is 6.59. The maximum Gasteiger partial charge on any atom is 0.265 e. The number of amides is 2. The molecule has 0 saturated carbocycles. The van der Waals surface area contributed by atoms with Crippen molar-refractivity contribution >= 4 is 23.2 Å². The zero-order valence-corrected chi connectivity index (χ0v) is 14.7. The Balaban J connectivity index is 1.78. The highest BCUT2D eigenvalue weighted by atomic mass is 16.5. The van der Waals surface area contributed by atoms with E-state index in [4.69, 9.17) is 4.74 Å². The molecule has 1 aliphatic rings. The van der Waals surface area contributed by atoms with Gasteiger partial charge in [-0.2, -0.15) is 0 Å². The molecule has 130 valence electrons. The Morgan fingerprint density at radius 1 is 1.12 bits per heavy atom. The van der Waals surface area contributed by atoms with Gasteiger partial charge in [0, 0.05) is 0 Å². The van der Waals surface area contributed by atoms with Crippen LogP contribution in [0.25, 0.3) is 0 Å². The molecule has 0 unspecified atom stereocenters. The van der Waals surface area contributed by atoms with Crippen LogP contribution < -0.4 is 15.0 Å². The van der Waals surface area contributed by atoms with Gasteiger partial charge in [-0.15, -0.1) is 0 Å². The van der Waals surface area contributed by atoms with Gasteiger partial charge in [0.15, 0.2) is 6.61 Å². The smallest absolute Gasteiger partial charge is 0.265 e. The van der Waals surface area contributed by atoms with Crippen LogP contribution in [0.5, 0.6) is 5.75 Å². The minimum atomic E-state index is -0.244. The van der Waals surface area contributed by atoms with Crippen LogP contribution in [0.15, 0.2) is 48.5 Å². The van der Waals surface area contributed by atoms with Crippen molar-refractivity contribution < 1.29 is 14.3 Å². The lowest BCUT2D eigenvalue weighted by Crippen LogP contribution is -2.44. The zero-order chi connectivity index (χ0) is 18.0. The van der Waals surface area contributed by atoms with E-state index in [-0.39, 0.29) is 30.4 Å². The van der Waals surface area contributed by atoms with E-state index in [0.29, 0.717) is 17.1 Å². The summed E-state index contributed by atoms with van der Waals surface area (Å²) >= 11 is 0. The molecule has 2 aromatic rings. The molecule has 2 aromatic carbocycles. The average molecular weight is 338 g/mol. The number of carbonyl (C=O) groups excluding carboxylic acids is 2. The predicted molar refractivity (Wildman–Crippen MR) is 98.1 cm³/mol. The fourth-order valence-electron chi connectivity index (χ4n) is 2.89. The molecule has 0 fully saturated rings. The SMILES string of the molecule is CC(C)(C)c1ccccc1OCC(=O)N1CC(=O)Nc2ccccc21. The summed E-state index contributed by atoms with van der Waals surface area (Å²) < 4.78 is 5.81. The van der Waals surface area contributed by atoms with Crippen molar-refractivity contribution in [3.63, 3.8) is 0 Å². The first-order valence-electron chi connectivity index (χ1n) is 8.28. The summed E-state index contributed by atoms with van der Waals surface area (Å²) in [5, 5.41) is 2.77. The van der Waals surface area contributed by atoms with E-state index in [1.165, 1.54) is 4.90 Å². The van der Waals surface area contributed by atoms with Gasteiger partial charge in [0.05, 0.1) is 11.4 Å². The summed E-state index contributed by atoms with van der Waals surface area (Å²) in [5.74, 6) is 0.242. The third-order valence-corrected chi connectivity index (χ3v) is 4.12. The number of benzene rings is 2. The molecule has 0 saturated heterocycles. The minimum Gasteiger partial charge on any atom is -0.483 e. The van der Waals surface area contributed by atoms with Gasteiger partial charge in [0.2, 0.25) is 5.91 Å². The molecule has 1 aliphatic heterocycles. The molecule has 0 bridgehead atoms. The molecule has 1 heterocycles. The number of hydrogen-bond acceptors (Lipinski definition) is 3. The van der Waals surface area contributed by atoms with E-state index in [0.717, 1.165) is 5.56 Å². The highest BCUT2D eigenvalue weighted by Crippen LogP contribution is 2.32. The summed E-state index contributed by atoms with van der Waals surface area (Å²) in [6.45, 7) is 6.18. The fourth-order valence-corrected chi connectivity index (χ4v) is 2.89. The lowest BCUT2D eigenvalue weighted by Gasteiger charge is -2.29. The van der Waals surface area contributed by atoms with Gasteiger partial charge in [-0.3, -0.25) is 14.5 Å². The lowest BCUT2D eigenvalue weighted by atomic mass is 9.86. The van der Waals surface area contributed by atoms with Crippen molar-refractivity contribution in [2.45, 2.75) is 26.2 Å². The quantitative estimate of drug-likeness (QED) is 0.934. The number of hydrogen-bond donors (Lipinski definition) is 1. The van der Waals surface area contributed by atoms with E-state index in [2.05, 4.69) is 26.1 Å². The maximum absolute atomic E-state index is 12.7. The van der Waals surface area contributed by atoms with Crippen LogP contribution >= 0.6 is 0 Å². The van der Waals surface area contributed by atoms with Crippen molar-refractivity contribution in [3.05, 3.63) is 54.1 Å². The van der Waals surface area contributed by atoms with Gasteiger partial charge in [0.25, 0.3) is 5.91 Å². The zero-order valence-electron chi connectivity index (χ0n) is 14.7. The number of nitrogens with one attached hydrogen (secondary N) is 1. The Kier molecular flexibility index (Phi) is 4.49. The molecule has 25 heavy (non-hydrogen) atoms. The standard InChI is InChI=1S/C20H22N2O3/c1-20(2,3)14-8-4-7-11-17(14)25-13-19(24)22-12-18(23)21-15-9-5-6-10-16(15)22/h4-11H,12-13H2,1-3H3,(H,21,23). The van der Waals surface area contributed by atoms with Crippen LogP contribution in [0.4, 0.5) is 11.4 Å². The normalized spacial score (nSPS) is 13.9. The van der Waals surface area contributed by atoms with E-state index in [1.54, 1.807) is 6.07 Å². The summed E-state index contributed by atoms with van der Waals surface area (Å²) in [6.07, 6.45) is 0. The molecule has 3 rings (SSSR count). The van der Waals surface area contributed by atoms with E-state index in [1.807, 2.05) is 42.5 Å². The van der Waals surface area contributed by atoms with Gasteiger partial charge in [-0.25, -0.2) is 0 Å². The van der Waals surface area contributed by atoms with Gasteiger partial charge in [-0.1, -0.05) is 51.1 Å². The van der Waals surface area contributed by atoms with E-state index >= 15 is 0 Å². The Morgan fingerprint density at radius 2 is 1.80 bits per heavy atom. The predicted octanol–water partition coefficient (Wildman–Crippen LogP) is 3.35. The number of carbonyl (C=O) groups is 2. The molecule has 0 aromatic heterocycles. The number of fused-ring (bicyclic) bond motifs is 1. The summed E-state index contributed by atoms with van der Waals surface area (Å²) in [4.78, 5) is 26.0. The van der Waals surface area contributed by atoms with Crippen LogP contribution in [-0.2, 0) is 15.0 Å². The van der Waals surface area contributed by atoms with Crippen LogP contribution in [0.1, 0.15) is 26.3 Å². The number of anilines is 2. The number of ether oxygens (including phenoxy) is 1. The van der Waals surface area contributed by atoms with Crippen molar-refractivity contribution in [2.24, 2.45) is 0 Å². The third-order valence-electron chi connectivity index (χ3n) is 4.12. The first kappa shape index (κ1) is 17.0. The van der Waals surface area contributed by atoms with Crippen molar-refractivity contribution in [3.8, 4) is 5.75 Å². The number of rotatable bonds is 3. The molecule has 1 N–H and O–H groups in total. The molecule has 0 radical (unpaired) electrons. The van der Waals surface area contributed by atoms with Crippen LogP contribution in [0.2, 0.25) is 0 Å². The molecule has 5 heteroatoms. The summed E-state index contributed by atoms with van der Waals surface area (Å²) in [6, 6.07) is 15.0. The van der Waals surface area contributed by atoms with Crippen molar-refractivity contribution in [2.75, 3.05) is 23.4 Å². The lowest BCUT2D eigenvalue weighted by molar-refractivity contribution is -0.123. The Bertz CT molecular complexity index is 809. The molecular formula is C20H22N2O3. The molecular weight excluding hydrogens is 316 g/mol. The highest BCUT2D eigenvalue weighted by molar-refractivity contribution is 6.10. The third kappa shape index (κ3) is 3.65. The Hall–Kier alpha value is -2.82. The summed E-state index contributed by atoms with van der Waals surface area (Å²) in [5.41, 5.74) is 2.29. The first-order valence-corrected chi connectivity index (χ1v) is 8.28. The first-order chi connectivity index (χ1) is 11.9. The van der Waals surface area contributed by atoms with Crippen LogP contribution in [0.3, 0.4) is 0 Å². The number of para-hydroxylation sites is 3. The van der Waals surface area contributed by atoms with Gasteiger partial charge in [-0.05, 0) is 29.2 Å². The number of nitrogens with zero attached hydrogens (tertiary/aromatic N) is 1. The van der Waals surface area contributed by atoms with Crippen LogP contribution in [-0.4, -0.2) is 25.0 Å². The fraction of sp³-hybridized carbons (Fsp3) is 0.300. The molecule has 5 nitrogen and oxygen atoms in total. The second-order valence-electron chi connectivity index (χ2n) is 7.08. The monoisotopic (exact) mass is 338 g/mol. The van der Waals surface area contributed by atoms with Crippen LogP contribution in [0, 0.1) is 0 Å². The molecule has 0 aliphatic carbocycles. The van der Waals surface area contributed by atoms with E-state index < -0.39 is 0 Å². The van der Waals surface area contributed by atoms with Gasteiger partial charge >= 0.3 is 0 Å². The van der Waals surface area contributed by atoms with Gasteiger partial charge < -0.3 is 10.1 Å². The second-order valence-corrected chi connectivity index (χ2v) is 7.08. The Labute approximate surface area is 147 Å². The molecule has 0 spiro atoms. The topological polar surface area (TPSA) is 58.6 Å². The highest BCUT2D eigenvalue weighted by Gasteiger charge is 2.27. The van der Waals surface area contributed by atoms with Gasteiger partial charge in [0.1, 0.15) is 12.3 Å². The average Bonchev–Trinajstić information content (AvgIpc) is 2.58. The Morgan fingerprint density at radius 3 is 2.56 bits per heavy atom.